The van der Waals surface area contributed by atoms with Crippen LogP contribution in [-0.4, -0.2) is 17.5 Å². The number of rotatable bonds is 7. The van der Waals surface area contributed by atoms with Crippen LogP contribution in [0.3, 0.4) is 0 Å². The van der Waals surface area contributed by atoms with Crippen LogP contribution in [0.25, 0.3) is 27.7 Å². The van der Waals surface area contributed by atoms with Gasteiger partial charge in [-0.15, -0.1) is 0 Å². The van der Waals surface area contributed by atoms with Crippen molar-refractivity contribution >= 4 is 45.7 Å². The van der Waals surface area contributed by atoms with E-state index in [0.29, 0.717) is 34.5 Å². The molecule has 2 aromatic carbocycles. The molecule has 2 aromatic heterocycles. The first-order valence-corrected chi connectivity index (χ1v) is 11.2. The summed E-state index contributed by atoms with van der Waals surface area (Å²) in [6, 6.07) is 12.9. The smallest absolute Gasteiger partial charge is 0.244 e. The van der Waals surface area contributed by atoms with Crippen molar-refractivity contribution in [2.45, 2.75) is 20.4 Å². The molecule has 0 unspecified atom stereocenters. The molecule has 0 saturated carbocycles. The minimum atomic E-state index is -0.202. The number of benzene rings is 2. The standard InChI is InChI=1S/C26H22Cl2N2O3/c1-3-32-24-12-25-21(22(15-33-25)19-7-6-18(27)10-23(19)28)11-20(24)16(2)9-26(31)30-14-17-5-4-8-29-13-17/h4-13,15H,3,14H2,1-2H3,(H,30,31)/b16-9+. The van der Waals surface area contributed by atoms with Gasteiger partial charge < -0.3 is 14.5 Å². The molecule has 0 saturated heterocycles. The number of nitrogens with zero attached hydrogens (tertiary/aromatic N) is 1. The summed E-state index contributed by atoms with van der Waals surface area (Å²) in [5.74, 6) is 0.439. The summed E-state index contributed by atoms with van der Waals surface area (Å²) in [7, 11) is 0. The Morgan fingerprint density at radius 3 is 2.76 bits per heavy atom. The van der Waals surface area contributed by atoms with Crippen molar-refractivity contribution in [2.24, 2.45) is 0 Å². The van der Waals surface area contributed by atoms with Crippen molar-refractivity contribution in [3.63, 3.8) is 0 Å². The van der Waals surface area contributed by atoms with Crippen LogP contribution < -0.4 is 10.1 Å². The Morgan fingerprint density at radius 1 is 1.18 bits per heavy atom. The van der Waals surface area contributed by atoms with E-state index in [1.165, 1.54) is 0 Å². The highest BCUT2D eigenvalue weighted by Crippen LogP contribution is 2.40. The lowest BCUT2D eigenvalue weighted by Crippen LogP contribution is -2.20. The zero-order valence-corrected chi connectivity index (χ0v) is 19.7. The Balaban J connectivity index is 1.69. The zero-order valence-electron chi connectivity index (χ0n) is 18.2. The second kappa shape index (κ2) is 10.1. The van der Waals surface area contributed by atoms with Gasteiger partial charge in [0.25, 0.3) is 0 Å². The Hall–Kier alpha value is -3.28. The number of hydrogen-bond acceptors (Lipinski definition) is 4. The van der Waals surface area contributed by atoms with Crippen molar-refractivity contribution in [1.29, 1.82) is 0 Å². The van der Waals surface area contributed by atoms with Crippen LogP contribution in [0.15, 0.2) is 71.6 Å². The van der Waals surface area contributed by atoms with Gasteiger partial charge in [-0.2, -0.15) is 0 Å². The number of fused-ring (bicyclic) bond motifs is 1. The molecule has 33 heavy (non-hydrogen) atoms. The van der Waals surface area contributed by atoms with Gasteiger partial charge in [0.2, 0.25) is 5.91 Å². The first-order chi connectivity index (χ1) is 16.0. The Morgan fingerprint density at radius 2 is 2.03 bits per heavy atom. The van der Waals surface area contributed by atoms with Gasteiger partial charge in [-0.3, -0.25) is 9.78 Å². The molecule has 5 nitrogen and oxygen atoms in total. The number of carbonyl (C=O) groups is 1. The highest BCUT2D eigenvalue weighted by molar-refractivity contribution is 6.36. The number of aromatic nitrogens is 1. The second-order valence-corrected chi connectivity index (χ2v) is 8.30. The van der Waals surface area contributed by atoms with Crippen LogP contribution in [0.1, 0.15) is 25.0 Å². The number of halogens is 2. The molecule has 4 aromatic rings. The Bertz CT molecular complexity index is 1330. The van der Waals surface area contributed by atoms with Gasteiger partial charge in [0.15, 0.2) is 0 Å². The van der Waals surface area contributed by atoms with Gasteiger partial charge in [0.05, 0.1) is 17.9 Å². The highest BCUT2D eigenvalue weighted by Gasteiger charge is 2.17. The fourth-order valence-corrected chi connectivity index (χ4v) is 4.08. The summed E-state index contributed by atoms with van der Waals surface area (Å²) in [5, 5.41) is 4.84. The first-order valence-electron chi connectivity index (χ1n) is 10.4. The van der Waals surface area contributed by atoms with Crippen molar-refractivity contribution < 1.29 is 13.9 Å². The molecule has 0 bridgehead atoms. The summed E-state index contributed by atoms with van der Waals surface area (Å²) in [4.78, 5) is 16.6. The van der Waals surface area contributed by atoms with E-state index in [1.807, 2.05) is 44.2 Å². The van der Waals surface area contributed by atoms with Gasteiger partial charge in [-0.25, -0.2) is 0 Å². The first kappa shape index (κ1) is 22.9. The van der Waals surface area contributed by atoms with Crippen LogP contribution in [0.5, 0.6) is 5.75 Å². The predicted octanol–water partition coefficient (Wildman–Crippen LogP) is 6.92. The van der Waals surface area contributed by atoms with Crippen molar-refractivity contribution in [2.75, 3.05) is 6.61 Å². The number of hydrogen-bond donors (Lipinski definition) is 1. The molecule has 1 N–H and O–H groups in total. The summed E-state index contributed by atoms with van der Waals surface area (Å²) in [5.41, 5.74) is 4.80. The topological polar surface area (TPSA) is 64.4 Å². The molecular weight excluding hydrogens is 459 g/mol. The largest absolute Gasteiger partial charge is 0.493 e. The third-order valence-corrected chi connectivity index (χ3v) is 5.71. The van der Waals surface area contributed by atoms with Gasteiger partial charge >= 0.3 is 0 Å². The van der Waals surface area contributed by atoms with Gasteiger partial charge in [-0.1, -0.05) is 35.3 Å². The summed E-state index contributed by atoms with van der Waals surface area (Å²) < 4.78 is 11.7. The van der Waals surface area contributed by atoms with E-state index in [0.717, 1.165) is 33.2 Å². The van der Waals surface area contributed by atoms with Crippen molar-refractivity contribution in [3.8, 4) is 16.9 Å². The summed E-state index contributed by atoms with van der Waals surface area (Å²) in [6.45, 7) is 4.67. The molecule has 2 heterocycles. The number of amides is 1. The Kier molecular flexibility index (Phi) is 7.02. The molecule has 168 valence electrons. The van der Waals surface area contributed by atoms with E-state index >= 15 is 0 Å². The molecule has 4 rings (SSSR count). The fraction of sp³-hybridized carbons (Fsp3) is 0.154. The molecule has 0 radical (unpaired) electrons. The maximum absolute atomic E-state index is 12.6. The minimum absolute atomic E-state index is 0.202. The highest BCUT2D eigenvalue weighted by atomic mass is 35.5. The number of ether oxygens (including phenoxy) is 1. The normalized spacial score (nSPS) is 11.6. The number of nitrogens with one attached hydrogen (secondary N) is 1. The van der Waals surface area contributed by atoms with Gasteiger partial charge in [-0.05, 0) is 49.2 Å². The summed E-state index contributed by atoms with van der Waals surface area (Å²) in [6.07, 6.45) is 6.65. The Labute approximate surface area is 202 Å². The maximum atomic E-state index is 12.6. The molecule has 0 aliphatic carbocycles. The average Bonchev–Trinajstić information content (AvgIpc) is 3.20. The quantitative estimate of drug-likeness (QED) is 0.291. The average molecular weight is 481 g/mol. The predicted molar refractivity (Wildman–Crippen MR) is 133 cm³/mol. The van der Waals surface area contributed by atoms with Crippen LogP contribution >= 0.6 is 23.2 Å². The summed E-state index contributed by atoms with van der Waals surface area (Å²) >= 11 is 12.5. The molecule has 7 heteroatoms. The molecule has 0 fully saturated rings. The molecule has 1 amide bonds. The second-order valence-electron chi connectivity index (χ2n) is 7.46. The maximum Gasteiger partial charge on any atom is 0.244 e. The number of carbonyl (C=O) groups excluding carboxylic acids is 1. The molecule has 0 aliphatic rings. The lowest BCUT2D eigenvalue weighted by Gasteiger charge is -2.12. The van der Waals surface area contributed by atoms with E-state index in [-0.39, 0.29) is 5.91 Å². The molecule has 0 atom stereocenters. The number of allylic oxidation sites excluding steroid dienone is 1. The number of pyridine rings is 1. The van der Waals surface area contributed by atoms with Crippen LogP contribution in [0.2, 0.25) is 10.0 Å². The van der Waals surface area contributed by atoms with E-state index in [1.54, 1.807) is 36.9 Å². The third kappa shape index (κ3) is 5.21. The minimum Gasteiger partial charge on any atom is -0.493 e. The van der Waals surface area contributed by atoms with Crippen LogP contribution in [0.4, 0.5) is 0 Å². The molecule has 0 aliphatic heterocycles. The van der Waals surface area contributed by atoms with Crippen LogP contribution in [0, 0.1) is 0 Å². The van der Waals surface area contributed by atoms with E-state index in [2.05, 4.69) is 10.3 Å². The lowest BCUT2D eigenvalue weighted by molar-refractivity contribution is -0.116. The van der Waals surface area contributed by atoms with Crippen molar-refractivity contribution in [1.82, 2.24) is 10.3 Å². The van der Waals surface area contributed by atoms with Gasteiger partial charge in [0, 0.05) is 58.2 Å². The van der Waals surface area contributed by atoms with E-state index in [9.17, 15) is 4.79 Å². The van der Waals surface area contributed by atoms with E-state index in [4.69, 9.17) is 32.4 Å². The van der Waals surface area contributed by atoms with Crippen LogP contribution in [-0.2, 0) is 11.3 Å². The molecule has 0 spiro atoms. The van der Waals surface area contributed by atoms with Gasteiger partial charge in [0.1, 0.15) is 11.3 Å². The zero-order chi connectivity index (χ0) is 23.4. The van der Waals surface area contributed by atoms with E-state index < -0.39 is 0 Å². The monoisotopic (exact) mass is 480 g/mol. The number of furan rings is 1. The third-order valence-electron chi connectivity index (χ3n) is 5.16. The molecular formula is C26H22Cl2N2O3. The van der Waals surface area contributed by atoms with Crippen molar-refractivity contribution in [3.05, 3.63) is 88.4 Å². The SMILES string of the molecule is CCOc1cc2occ(-c3ccc(Cl)cc3Cl)c2cc1/C(C)=C/C(=O)NCc1cccnc1. The fourth-order valence-electron chi connectivity index (χ4n) is 3.57. The lowest BCUT2D eigenvalue weighted by atomic mass is 9.99.